The summed E-state index contributed by atoms with van der Waals surface area (Å²) in [6.45, 7) is 2.00. The molecule has 1 unspecified atom stereocenters. The largest absolute Gasteiger partial charge is 0.385 e. The fraction of sp³-hybridized carbons (Fsp3) is 0.429. The summed E-state index contributed by atoms with van der Waals surface area (Å²) in [5.74, 6) is -0.392. The SMILES string of the molecule is COCCCNC(=O)c1cc2c(=O)n3ccccc3nc2n(CC2CCCO2)c1=N. The molecule has 3 aromatic heterocycles. The summed E-state index contributed by atoms with van der Waals surface area (Å²) in [6.07, 6.45) is 4.06. The number of nitrogens with zero attached hydrogens (tertiary/aromatic N) is 3. The van der Waals surface area contributed by atoms with E-state index in [0.29, 0.717) is 49.4 Å². The Bertz CT molecular complexity index is 1190. The van der Waals surface area contributed by atoms with Crippen LogP contribution in [0.25, 0.3) is 16.7 Å². The maximum atomic E-state index is 13.1. The predicted molar refractivity (Wildman–Crippen MR) is 111 cm³/mol. The van der Waals surface area contributed by atoms with Gasteiger partial charge in [-0.1, -0.05) is 6.07 Å². The summed E-state index contributed by atoms with van der Waals surface area (Å²) >= 11 is 0. The lowest BCUT2D eigenvalue weighted by atomic mass is 10.1. The first-order valence-electron chi connectivity index (χ1n) is 10.1. The number of carbonyl (C=O) groups excluding carboxylic acids is 1. The van der Waals surface area contributed by atoms with Gasteiger partial charge in [-0.3, -0.25) is 19.4 Å². The van der Waals surface area contributed by atoms with Crippen molar-refractivity contribution in [3.05, 3.63) is 51.9 Å². The Morgan fingerprint density at radius 2 is 2.30 bits per heavy atom. The number of rotatable bonds is 7. The average Bonchev–Trinajstić information content (AvgIpc) is 3.27. The molecule has 1 fully saturated rings. The molecule has 0 radical (unpaired) electrons. The molecule has 3 aromatic rings. The van der Waals surface area contributed by atoms with Crippen molar-refractivity contribution in [2.24, 2.45) is 0 Å². The number of pyridine rings is 2. The lowest BCUT2D eigenvalue weighted by molar-refractivity contribution is 0.0929. The highest BCUT2D eigenvalue weighted by atomic mass is 16.5. The number of hydrogen-bond donors (Lipinski definition) is 2. The van der Waals surface area contributed by atoms with Crippen LogP contribution in [0.1, 0.15) is 29.6 Å². The summed E-state index contributed by atoms with van der Waals surface area (Å²) < 4.78 is 13.8. The van der Waals surface area contributed by atoms with E-state index in [1.54, 1.807) is 30.0 Å². The van der Waals surface area contributed by atoms with Crippen LogP contribution in [0.5, 0.6) is 0 Å². The molecule has 4 heterocycles. The van der Waals surface area contributed by atoms with Crippen LogP contribution in [0.15, 0.2) is 35.3 Å². The lowest BCUT2D eigenvalue weighted by Gasteiger charge is -2.17. The van der Waals surface area contributed by atoms with Crippen molar-refractivity contribution in [3.63, 3.8) is 0 Å². The van der Waals surface area contributed by atoms with E-state index in [4.69, 9.17) is 14.9 Å². The predicted octanol–water partition coefficient (Wildman–Crippen LogP) is 1.07. The van der Waals surface area contributed by atoms with Gasteiger partial charge in [0.1, 0.15) is 16.8 Å². The van der Waals surface area contributed by atoms with Crippen LogP contribution in [0.3, 0.4) is 0 Å². The average molecular weight is 411 g/mol. The molecule has 1 aliphatic heterocycles. The van der Waals surface area contributed by atoms with Crippen molar-refractivity contribution in [1.29, 1.82) is 5.41 Å². The van der Waals surface area contributed by atoms with Gasteiger partial charge < -0.3 is 19.4 Å². The second kappa shape index (κ2) is 8.76. The Hall–Kier alpha value is -3.04. The van der Waals surface area contributed by atoms with Crippen molar-refractivity contribution < 1.29 is 14.3 Å². The van der Waals surface area contributed by atoms with Crippen molar-refractivity contribution in [3.8, 4) is 0 Å². The van der Waals surface area contributed by atoms with Gasteiger partial charge in [0.05, 0.1) is 23.6 Å². The molecular formula is C21H25N5O4. The van der Waals surface area contributed by atoms with Crippen molar-refractivity contribution in [2.75, 3.05) is 26.9 Å². The number of fused-ring (bicyclic) bond motifs is 2. The summed E-state index contributed by atoms with van der Waals surface area (Å²) in [6, 6.07) is 6.79. The van der Waals surface area contributed by atoms with Gasteiger partial charge in [-0.2, -0.15) is 0 Å². The van der Waals surface area contributed by atoms with Crippen molar-refractivity contribution in [1.82, 2.24) is 19.3 Å². The monoisotopic (exact) mass is 411 g/mol. The fourth-order valence-corrected chi connectivity index (χ4v) is 3.74. The molecule has 1 aliphatic rings. The molecule has 9 heteroatoms. The molecule has 1 atom stereocenters. The third-order valence-corrected chi connectivity index (χ3v) is 5.28. The van der Waals surface area contributed by atoms with Gasteiger partial charge >= 0.3 is 0 Å². The highest BCUT2D eigenvalue weighted by Gasteiger charge is 2.22. The molecule has 1 amide bonds. The fourth-order valence-electron chi connectivity index (χ4n) is 3.74. The Kier molecular flexibility index (Phi) is 5.91. The number of nitrogens with one attached hydrogen (secondary N) is 2. The normalized spacial score (nSPS) is 16.4. The zero-order valence-electron chi connectivity index (χ0n) is 16.9. The molecular weight excluding hydrogens is 386 g/mol. The first-order valence-corrected chi connectivity index (χ1v) is 10.1. The standard InChI is InChI=1S/C21H25N5O4/c1-29-10-5-8-23-20(27)15-12-16-19(24-17-7-2-3-9-25(17)21(16)28)26(18(15)22)13-14-6-4-11-30-14/h2-3,7,9,12,14,22H,4-6,8,10-11,13H2,1H3,(H,23,27). The lowest BCUT2D eigenvalue weighted by Crippen LogP contribution is -2.37. The Balaban J connectivity index is 1.85. The molecule has 158 valence electrons. The number of carbonyl (C=O) groups is 1. The van der Waals surface area contributed by atoms with Crippen LogP contribution in [0.2, 0.25) is 0 Å². The Morgan fingerprint density at radius 3 is 3.07 bits per heavy atom. The Morgan fingerprint density at radius 1 is 1.43 bits per heavy atom. The molecule has 0 aliphatic carbocycles. The topological polar surface area (TPSA) is 111 Å². The van der Waals surface area contributed by atoms with E-state index in [1.165, 1.54) is 10.5 Å². The van der Waals surface area contributed by atoms with Gasteiger partial charge in [0.25, 0.3) is 11.5 Å². The van der Waals surface area contributed by atoms with E-state index in [0.717, 1.165) is 12.8 Å². The smallest absolute Gasteiger partial charge is 0.267 e. The minimum absolute atomic E-state index is 0.0226. The number of hydrogen-bond acceptors (Lipinski definition) is 6. The summed E-state index contributed by atoms with van der Waals surface area (Å²) in [4.78, 5) is 30.6. The van der Waals surface area contributed by atoms with Crippen LogP contribution in [-0.4, -0.2) is 52.8 Å². The van der Waals surface area contributed by atoms with Crippen LogP contribution in [0, 0.1) is 5.41 Å². The minimum atomic E-state index is -0.392. The summed E-state index contributed by atoms with van der Waals surface area (Å²) in [5.41, 5.74) is 0.780. The number of aromatic nitrogens is 3. The molecule has 30 heavy (non-hydrogen) atoms. The number of ether oxygens (including phenoxy) is 2. The summed E-state index contributed by atoms with van der Waals surface area (Å²) in [5, 5.41) is 11.8. The third kappa shape index (κ3) is 3.86. The quantitative estimate of drug-likeness (QED) is 0.446. The Labute approximate surface area is 172 Å². The van der Waals surface area contributed by atoms with Gasteiger partial charge in [0.2, 0.25) is 0 Å². The van der Waals surface area contributed by atoms with Crippen molar-refractivity contribution >= 4 is 22.6 Å². The zero-order chi connectivity index (χ0) is 21.1. The molecule has 9 nitrogen and oxygen atoms in total. The second-order valence-electron chi connectivity index (χ2n) is 7.34. The minimum Gasteiger partial charge on any atom is -0.385 e. The molecule has 0 saturated carbocycles. The first kappa shape index (κ1) is 20.2. The van der Waals surface area contributed by atoms with E-state index in [1.807, 2.05) is 6.07 Å². The van der Waals surface area contributed by atoms with Crippen LogP contribution < -0.4 is 16.4 Å². The molecule has 1 saturated heterocycles. The number of amides is 1. The van der Waals surface area contributed by atoms with E-state index in [2.05, 4.69) is 10.3 Å². The van der Waals surface area contributed by atoms with E-state index in [9.17, 15) is 9.59 Å². The van der Waals surface area contributed by atoms with Crippen LogP contribution in [-0.2, 0) is 16.0 Å². The summed E-state index contributed by atoms with van der Waals surface area (Å²) in [7, 11) is 1.60. The van der Waals surface area contributed by atoms with Gasteiger partial charge in [0.15, 0.2) is 0 Å². The number of methoxy groups -OCH3 is 1. The van der Waals surface area contributed by atoms with Crippen LogP contribution >= 0.6 is 0 Å². The third-order valence-electron chi connectivity index (χ3n) is 5.28. The van der Waals surface area contributed by atoms with Gasteiger partial charge in [-0.15, -0.1) is 0 Å². The van der Waals surface area contributed by atoms with Crippen molar-refractivity contribution in [2.45, 2.75) is 31.9 Å². The van der Waals surface area contributed by atoms with E-state index in [-0.39, 0.29) is 22.7 Å². The highest BCUT2D eigenvalue weighted by molar-refractivity contribution is 5.96. The maximum absolute atomic E-state index is 13.1. The van der Waals surface area contributed by atoms with E-state index >= 15 is 0 Å². The van der Waals surface area contributed by atoms with Crippen LogP contribution in [0.4, 0.5) is 0 Å². The molecule has 0 aromatic carbocycles. The highest BCUT2D eigenvalue weighted by Crippen LogP contribution is 2.16. The molecule has 0 spiro atoms. The van der Waals surface area contributed by atoms with Gasteiger partial charge in [0, 0.05) is 33.1 Å². The van der Waals surface area contributed by atoms with E-state index < -0.39 is 5.91 Å². The second-order valence-corrected chi connectivity index (χ2v) is 7.34. The zero-order valence-corrected chi connectivity index (χ0v) is 16.9. The maximum Gasteiger partial charge on any atom is 0.267 e. The van der Waals surface area contributed by atoms with Gasteiger partial charge in [-0.25, -0.2) is 4.98 Å². The first-order chi connectivity index (χ1) is 14.6. The van der Waals surface area contributed by atoms with Gasteiger partial charge in [-0.05, 0) is 37.5 Å². The molecule has 4 rings (SSSR count). The molecule has 2 N–H and O–H groups in total. The molecule has 0 bridgehead atoms.